The van der Waals surface area contributed by atoms with Crippen LogP contribution in [0.5, 0.6) is 0 Å². The van der Waals surface area contributed by atoms with Crippen LogP contribution >= 0.6 is 11.3 Å². The van der Waals surface area contributed by atoms with Gasteiger partial charge in [0, 0.05) is 17.0 Å². The molecule has 7 nitrogen and oxygen atoms in total. The summed E-state index contributed by atoms with van der Waals surface area (Å²) in [5.41, 5.74) is -2.82. The number of benzene rings is 1. The highest BCUT2D eigenvalue weighted by Gasteiger charge is 2.36. The number of halogens is 3. The average Bonchev–Trinajstić information content (AvgIpc) is 3.00. The first-order valence-electron chi connectivity index (χ1n) is 7.43. The van der Waals surface area contributed by atoms with Crippen molar-refractivity contribution in [2.24, 2.45) is 0 Å². The third kappa shape index (κ3) is 5.03. The number of anilines is 1. The zero-order valence-electron chi connectivity index (χ0n) is 14.0. The maximum atomic E-state index is 13.1. The lowest BCUT2D eigenvalue weighted by atomic mass is 10.1. The molecule has 1 aromatic heterocycles. The zero-order chi connectivity index (χ0) is 20.4. The topological polar surface area (TPSA) is 98.5 Å². The predicted molar refractivity (Wildman–Crippen MR) is 90.7 cm³/mol. The molecule has 0 saturated carbocycles. The van der Waals surface area contributed by atoms with Crippen molar-refractivity contribution in [2.45, 2.75) is 26.1 Å². The van der Waals surface area contributed by atoms with E-state index in [1.807, 2.05) is 5.32 Å². The second kappa shape index (κ2) is 7.74. The molecule has 1 amide bonds. The molecule has 0 fully saturated rings. The SMILES string of the molecule is Cc1ccc(C(=O)O[C@H](C)C(=O)Nc2ccc([N+](=O)[O-])cc2C(F)(F)F)s1. The minimum atomic E-state index is -4.93. The quantitative estimate of drug-likeness (QED) is 0.460. The lowest BCUT2D eigenvalue weighted by Gasteiger charge is -2.16. The van der Waals surface area contributed by atoms with Crippen LogP contribution in [0.15, 0.2) is 30.3 Å². The molecule has 1 aromatic carbocycles. The Morgan fingerprint density at radius 1 is 1.26 bits per heavy atom. The Labute approximate surface area is 154 Å². The summed E-state index contributed by atoms with van der Waals surface area (Å²) in [5.74, 6) is -1.79. The number of carbonyl (C=O) groups is 2. The minimum absolute atomic E-state index is 0.249. The molecule has 1 heterocycles. The lowest BCUT2D eigenvalue weighted by molar-refractivity contribution is -0.385. The number of esters is 1. The number of rotatable bonds is 5. The van der Waals surface area contributed by atoms with E-state index < -0.39 is 46.0 Å². The number of thiophene rings is 1. The number of ether oxygens (including phenoxy) is 1. The number of nitrogens with one attached hydrogen (secondary N) is 1. The first-order valence-corrected chi connectivity index (χ1v) is 8.24. The minimum Gasteiger partial charge on any atom is -0.448 e. The fourth-order valence-electron chi connectivity index (χ4n) is 2.04. The molecule has 1 N–H and O–H groups in total. The molecule has 0 aliphatic rings. The number of carbonyl (C=O) groups excluding carboxylic acids is 2. The maximum absolute atomic E-state index is 13.1. The number of nitrogens with zero attached hydrogens (tertiary/aromatic N) is 1. The largest absolute Gasteiger partial charge is 0.448 e. The van der Waals surface area contributed by atoms with Crippen molar-refractivity contribution in [3.05, 3.63) is 55.8 Å². The van der Waals surface area contributed by atoms with E-state index in [1.54, 1.807) is 13.0 Å². The zero-order valence-corrected chi connectivity index (χ0v) is 14.8. The van der Waals surface area contributed by atoms with Crippen molar-refractivity contribution in [3.63, 3.8) is 0 Å². The summed E-state index contributed by atoms with van der Waals surface area (Å²) in [5, 5.41) is 12.7. The number of non-ortho nitro benzene ring substituents is 1. The second-order valence-electron chi connectivity index (χ2n) is 5.43. The summed E-state index contributed by atoms with van der Waals surface area (Å²) in [4.78, 5) is 34.8. The number of nitro benzene ring substituents is 1. The van der Waals surface area contributed by atoms with Crippen molar-refractivity contribution in [3.8, 4) is 0 Å². The van der Waals surface area contributed by atoms with Crippen LogP contribution in [-0.2, 0) is 15.7 Å². The van der Waals surface area contributed by atoms with E-state index in [9.17, 15) is 32.9 Å². The van der Waals surface area contributed by atoms with Crippen LogP contribution in [0.1, 0.15) is 27.0 Å². The van der Waals surface area contributed by atoms with Crippen LogP contribution < -0.4 is 5.32 Å². The van der Waals surface area contributed by atoms with Crippen LogP contribution in [0.2, 0.25) is 0 Å². The van der Waals surface area contributed by atoms with E-state index in [1.165, 1.54) is 13.0 Å². The molecule has 0 aliphatic heterocycles. The smallest absolute Gasteiger partial charge is 0.418 e. The standard InChI is InChI=1S/C16H13F3N2O5S/c1-8-3-6-13(27-8)15(23)26-9(2)14(22)20-12-5-4-10(21(24)25)7-11(12)16(17,18)19/h3-7,9H,1-2H3,(H,20,22)/t9-/m1/s1. The number of nitro groups is 1. The van der Waals surface area contributed by atoms with Crippen LogP contribution in [0.4, 0.5) is 24.5 Å². The Morgan fingerprint density at radius 2 is 1.93 bits per heavy atom. The van der Waals surface area contributed by atoms with Crippen LogP contribution in [0, 0.1) is 17.0 Å². The lowest BCUT2D eigenvalue weighted by Crippen LogP contribution is -2.30. The molecule has 0 spiro atoms. The van der Waals surface area contributed by atoms with Gasteiger partial charge >= 0.3 is 12.1 Å². The summed E-state index contributed by atoms with van der Waals surface area (Å²) in [6, 6.07) is 5.11. The Kier molecular flexibility index (Phi) is 5.84. The molecule has 1 atom stereocenters. The summed E-state index contributed by atoms with van der Waals surface area (Å²) in [6.07, 6.45) is -6.31. The maximum Gasteiger partial charge on any atom is 0.418 e. The molecule has 0 aliphatic carbocycles. The third-order valence-electron chi connectivity index (χ3n) is 3.37. The Morgan fingerprint density at radius 3 is 2.44 bits per heavy atom. The first kappa shape index (κ1) is 20.4. The molecule has 2 rings (SSSR count). The monoisotopic (exact) mass is 402 g/mol. The predicted octanol–water partition coefficient (Wildman–Crippen LogP) is 4.17. The summed E-state index contributed by atoms with van der Waals surface area (Å²) in [6.45, 7) is 2.97. The van der Waals surface area contributed by atoms with Crippen LogP contribution in [0.3, 0.4) is 0 Å². The first-order chi connectivity index (χ1) is 12.5. The summed E-state index contributed by atoms with van der Waals surface area (Å²) in [7, 11) is 0. The van der Waals surface area contributed by atoms with E-state index in [2.05, 4.69) is 0 Å². The van der Waals surface area contributed by atoms with Crippen molar-refractivity contribution < 1.29 is 32.4 Å². The van der Waals surface area contributed by atoms with Gasteiger partial charge in [0.2, 0.25) is 0 Å². The van der Waals surface area contributed by atoms with Gasteiger partial charge in [-0.2, -0.15) is 13.2 Å². The van der Waals surface area contributed by atoms with Crippen LogP contribution in [-0.4, -0.2) is 22.9 Å². The van der Waals surface area contributed by atoms with Gasteiger partial charge in [0.05, 0.1) is 16.2 Å². The van der Waals surface area contributed by atoms with Gasteiger partial charge in [0.1, 0.15) is 4.88 Å². The summed E-state index contributed by atoms with van der Waals surface area (Å²) < 4.78 is 44.3. The molecule has 0 radical (unpaired) electrons. The normalized spacial score (nSPS) is 12.3. The Balaban J connectivity index is 2.16. The Hall–Kier alpha value is -2.95. The highest BCUT2D eigenvalue weighted by atomic mass is 32.1. The van der Waals surface area contributed by atoms with Crippen molar-refractivity contribution >= 4 is 34.6 Å². The number of hydrogen-bond acceptors (Lipinski definition) is 6. The van der Waals surface area contributed by atoms with E-state index in [-0.39, 0.29) is 4.88 Å². The van der Waals surface area contributed by atoms with Crippen molar-refractivity contribution in [2.75, 3.05) is 5.32 Å². The highest BCUT2D eigenvalue weighted by molar-refractivity contribution is 7.13. The molecule has 0 unspecified atom stereocenters. The van der Waals surface area contributed by atoms with Crippen LogP contribution in [0.25, 0.3) is 0 Å². The molecular weight excluding hydrogens is 389 g/mol. The number of hydrogen-bond donors (Lipinski definition) is 1. The van der Waals surface area contributed by atoms with Gasteiger partial charge in [-0.05, 0) is 32.0 Å². The molecule has 0 saturated heterocycles. The second-order valence-corrected chi connectivity index (χ2v) is 6.72. The van der Waals surface area contributed by atoms with Gasteiger partial charge in [-0.25, -0.2) is 4.79 Å². The molecular formula is C16H13F3N2O5S. The van der Waals surface area contributed by atoms with Crippen molar-refractivity contribution in [1.29, 1.82) is 0 Å². The average molecular weight is 402 g/mol. The molecule has 2 aromatic rings. The van der Waals surface area contributed by atoms with Gasteiger partial charge in [-0.3, -0.25) is 14.9 Å². The number of amides is 1. The van der Waals surface area contributed by atoms with E-state index in [0.29, 0.717) is 6.07 Å². The molecule has 144 valence electrons. The van der Waals surface area contributed by atoms with E-state index >= 15 is 0 Å². The summed E-state index contributed by atoms with van der Waals surface area (Å²) >= 11 is 1.14. The molecule has 0 bridgehead atoms. The molecule has 11 heteroatoms. The van der Waals surface area contributed by atoms with E-state index in [4.69, 9.17) is 4.74 Å². The van der Waals surface area contributed by atoms with E-state index in [0.717, 1.165) is 28.3 Å². The fourth-order valence-corrected chi connectivity index (χ4v) is 2.79. The molecule has 27 heavy (non-hydrogen) atoms. The van der Waals surface area contributed by atoms with Crippen molar-refractivity contribution in [1.82, 2.24) is 0 Å². The fraction of sp³-hybridized carbons (Fsp3) is 0.250. The third-order valence-corrected chi connectivity index (χ3v) is 4.35. The number of aryl methyl sites for hydroxylation is 1. The van der Waals surface area contributed by atoms with Gasteiger partial charge in [0.25, 0.3) is 11.6 Å². The highest BCUT2D eigenvalue weighted by Crippen LogP contribution is 2.37. The number of alkyl halides is 3. The Bertz CT molecular complexity index is 894. The van der Waals surface area contributed by atoms with Gasteiger partial charge in [-0.1, -0.05) is 0 Å². The van der Waals surface area contributed by atoms with Gasteiger partial charge in [0.15, 0.2) is 6.10 Å². The van der Waals surface area contributed by atoms with Gasteiger partial charge < -0.3 is 10.1 Å². The van der Waals surface area contributed by atoms with Gasteiger partial charge in [-0.15, -0.1) is 11.3 Å².